The van der Waals surface area contributed by atoms with E-state index in [1.807, 2.05) is 11.4 Å². The molecule has 1 aromatic carbocycles. The van der Waals surface area contributed by atoms with Crippen molar-refractivity contribution in [1.82, 2.24) is 14.5 Å². The van der Waals surface area contributed by atoms with Gasteiger partial charge in [-0.05, 0) is 41.1 Å². The molecule has 1 aliphatic heterocycles. The molecule has 0 aliphatic carbocycles. The fraction of sp³-hybridized carbons (Fsp3) is 0.263. The van der Waals surface area contributed by atoms with Gasteiger partial charge in [0.15, 0.2) is 0 Å². The number of nitrogens with zero attached hydrogens (tertiary/aromatic N) is 3. The molecule has 3 heterocycles. The predicted octanol–water partition coefficient (Wildman–Crippen LogP) is 2.13. The van der Waals surface area contributed by atoms with Crippen molar-refractivity contribution >= 4 is 33.4 Å². The molecule has 2 aromatic heterocycles. The summed E-state index contributed by atoms with van der Waals surface area (Å²) in [7, 11) is 0. The molecule has 4 rings (SSSR count). The highest BCUT2D eigenvalue weighted by Gasteiger charge is 2.21. The van der Waals surface area contributed by atoms with Crippen molar-refractivity contribution < 1.29 is 14.7 Å². The standard InChI is InChI=1S/C19H17N3O4S/c23-16(4-7-22-11-20-17-15(18(22)24)5-8-27-17)21-6-3-12-1-2-13(19(25)26)9-14(12)10-21/h1-2,5,8-9,11H,3-4,6-7,10H2,(H,25,26). The van der Waals surface area contributed by atoms with Crippen molar-refractivity contribution in [2.24, 2.45) is 0 Å². The fourth-order valence-electron chi connectivity index (χ4n) is 3.33. The second kappa shape index (κ2) is 6.96. The molecule has 0 atom stereocenters. The van der Waals surface area contributed by atoms with E-state index in [-0.39, 0.29) is 30.0 Å². The Morgan fingerprint density at radius 2 is 2.07 bits per heavy atom. The molecule has 1 N–H and O–H groups in total. The topological polar surface area (TPSA) is 92.5 Å². The van der Waals surface area contributed by atoms with Crippen molar-refractivity contribution in [2.45, 2.75) is 25.9 Å². The van der Waals surface area contributed by atoms with Crippen molar-refractivity contribution in [2.75, 3.05) is 6.54 Å². The number of aryl methyl sites for hydroxylation is 1. The molecule has 1 aliphatic rings. The van der Waals surface area contributed by atoms with E-state index in [4.69, 9.17) is 5.11 Å². The van der Waals surface area contributed by atoms with Crippen LogP contribution in [0.25, 0.3) is 10.2 Å². The molecule has 1 amide bonds. The Hall–Kier alpha value is -3.00. The highest BCUT2D eigenvalue weighted by Crippen LogP contribution is 2.21. The van der Waals surface area contributed by atoms with Gasteiger partial charge in [-0.2, -0.15) is 0 Å². The molecule has 0 spiro atoms. The number of carbonyl (C=O) groups excluding carboxylic acids is 1. The Morgan fingerprint density at radius 3 is 2.89 bits per heavy atom. The number of carboxylic acids is 1. The molecule has 3 aromatic rings. The maximum absolute atomic E-state index is 12.6. The lowest BCUT2D eigenvalue weighted by atomic mass is 9.97. The zero-order valence-corrected chi connectivity index (χ0v) is 15.2. The lowest BCUT2D eigenvalue weighted by Gasteiger charge is -2.29. The number of benzene rings is 1. The largest absolute Gasteiger partial charge is 0.478 e. The number of rotatable bonds is 4. The maximum atomic E-state index is 12.6. The number of amides is 1. The maximum Gasteiger partial charge on any atom is 0.335 e. The average molecular weight is 383 g/mol. The van der Waals surface area contributed by atoms with Gasteiger partial charge in [-0.15, -0.1) is 11.3 Å². The van der Waals surface area contributed by atoms with Crippen molar-refractivity contribution in [3.05, 3.63) is 63.0 Å². The van der Waals surface area contributed by atoms with Gasteiger partial charge >= 0.3 is 5.97 Å². The van der Waals surface area contributed by atoms with Gasteiger partial charge in [0.2, 0.25) is 5.91 Å². The van der Waals surface area contributed by atoms with Crippen LogP contribution in [-0.4, -0.2) is 38.0 Å². The van der Waals surface area contributed by atoms with Gasteiger partial charge in [0.1, 0.15) is 4.83 Å². The SMILES string of the molecule is O=C(O)c1ccc2c(c1)CN(C(=O)CCn1cnc3sccc3c1=O)CC2. The number of carbonyl (C=O) groups is 2. The van der Waals surface area contributed by atoms with Gasteiger partial charge in [0.25, 0.3) is 5.56 Å². The average Bonchev–Trinajstić information content (AvgIpc) is 3.16. The van der Waals surface area contributed by atoms with Crippen LogP contribution in [0, 0.1) is 0 Å². The van der Waals surface area contributed by atoms with Crippen LogP contribution in [0.2, 0.25) is 0 Å². The second-order valence-corrected chi connectivity index (χ2v) is 7.38. The third kappa shape index (κ3) is 3.35. The number of thiophene rings is 1. The first-order chi connectivity index (χ1) is 13.0. The first kappa shape index (κ1) is 17.4. The molecule has 0 saturated heterocycles. The number of carboxylic acid groups (broad SMARTS) is 1. The van der Waals surface area contributed by atoms with Gasteiger partial charge in [0.05, 0.1) is 17.3 Å². The minimum Gasteiger partial charge on any atom is -0.478 e. The van der Waals surface area contributed by atoms with Crippen LogP contribution in [-0.2, 0) is 24.3 Å². The zero-order chi connectivity index (χ0) is 19.0. The first-order valence-electron chi connectivity index (χ1n) is 8.58. The van der Waals surface area contributed by atoms with Crippen molar-refractivity contribution in [3.8, 4) is 0 Å². The third-order valence-corrected chi connectivity index (χ3v) is 5.66. The highest BCUT2D eigenvalue weighted by atomic mass is 32.1. The number of aromatic nitrogens is 2. The van der Waals surface area contributed by atoms with E-state index in [2.05, 4.69) is 4.98 Å². The number of fused-ring (bicyclic) bond motifs is 2. The van der Waals surface area contributed by atoms with Gasteiger partial charge in [-0.3, -0.25) is 14.2 Å². The van der Waals surface area contributed by atoms with Crippen LogP contribution in [0.15, 0.2) is 40.8 Å². The van der Waals surface area contributed by atoms with Crippen LogP contribution in [0.1, 0.15) is 27.9 Å². The molecule has 27 heavy (non-hydrogen) atoms. The summed E-state index contributed by atoms with van der Waals surface area (Å²) in [6.45, 7) is 1.26. The summed E-state index contributed by atoms with van der Waals surface area (Å²) in [6.07, 6.45) is 2.38. The van der Waals surface area contributed by atoms with Crippen molar-refractivity contribution in [1.29, 1.82) is 0 Å². The van der Waals surface area contributed by atoms with E-state index < -0.39 is 5.97 Å². The summed E-state index contributed by atoms with van der Waals surface area (Å²) in [4.78, 5) is 42.8. The zero-order valence-electron chi connectivity index (χ0n) is 14.4. The Kier molecular flexibility index (Phi) is 4.49. The Morgan fingerprint density at radius 1 is 1.22 bits per heavy atom. The molecule has 0 radical (unpaired) electrons. The summed E-state index contributed by atoms with van der Waals surface area (Å²) >= 11 is 1.41. The molecular formula is C19H17N3O4S. The van der Waals surface area contributed by atoms with Crippen molar-refractivity contribution in [3.63, 3.8) is 0 Å². The molecule has 0 fully saturated rings. The highest BCUT2D eigenvalue weighted by molar-refractivity contribution is 7.16. The smallest absolute Gasteiger partial charge is 0.335 e. The molecule has 0 bridgehead atoms. The summed E-state index contributed by atoms with van der Waals surface area (Å²) in [5.74, 6) is -1.03. The number of aromatic carboxylic acids is 1. The minimum atomic E-state index is -0.975. The monoisotopic (exact) mass is 383 g/mol. The quantitative estimate of drug-likeness (QED) is 0.745. The Labute approximate surface area is 158 Å². The fourth-order valence-corrected chi connectivity index (χ4v) is 4.05. The summed E-state index contributed by atoms with van der Waals surface area (Å²) in [5.41, 5.74) is 2.04. The molecule has 138 valence electrons. The lowest BCUT2D eigenvalue weighted by molar-refractivity contribution is -0.132. The number of hydrogen-bond donors (Lipinski definition) is 1. The molecular weight excluding hydrogens is 366 g/mol. The predicted molar refractivity (Wildman–Crippen MR) is 101 cm³/mol. The van der Waals surface area contributed by atoms with Crippen LogP contribution < -0.4 is 5.56 Å². The van der Waals surface area contributed by atoms with Crippen LogP contribution in [0.4, 0.5) is 0 Å². The van der Waals surface area contributed by atoms with E-state index in [9.17, 15) is 14.4 Å². The second-order valence-electron chi connectivity index (χ2n) is 6.49. The normalized spacial score (nSPS) is 13.6. The van der Waals surface area contributed by atoms with E-state index >= 15 is 0 Å². The first-order valence-corrected chi connectivity index (χ1v) is 9.46. The minimum absolute atomic E-state index is 0.0568. The Balaban J connectivity index is 1.45. The Bertz CT molecular complexity index is 1100. The van der Waals surface area contributed by atoms with Gasteiger partial charge < -0.3 is 10.0 Å². The summed E-state index contributed by atoms with van der Waals surface area (Å²) in [6, 6.07) is 6.80. The molecule has 8 heteroatoms. The van der Waals surface area contributed by atoms with Crippen LogP contribution >= 0.6 is 11.3 Å². The van der Waals surface area contributed by atoms with Gasteiger partial charge in [0, 0.05) is 26.1 Å². The molecule has 7 nitrogen and oxygen atoms in total. The third-order valence-electron chi connectivity index (χ3n) is 4.84. The van der Waals surface area contributed by atoms with E-state index in [1.54, 1.807) is 23.1 Å². The van der Waals surface area contributed by atoms with Crippen LogP contribution in [0.5, 0.6) is 0 Å². The van der Waals surface area contributed by atoms with E-state index in [1.165, 1.54) is 22.2 Å². The summed E-state index contributed by atoms with van der Waals surface area (Å²) in [5, 5.41) is 11.5. The van der Waals surface area contributed by atoms with Crippen LogP contribution in [0.3, 0.4) is 0 Å². The lowest BCUT2D eigenvalue weighted by Crippen LogP contribution is -2.37. The summed E-state index contributed by atoms with van der Waals surface area (Å²) < 4.78 is 1.47. The molecule has 0 saturated carbocycles. The van der Waals surface area contributed by atoms with E-state index in [0.717, 1.165) is 11.1 Å². The van der Waals surface area contributed by atoms with E-state index in [0.29, 0.717) is 29.7 Å². The van der Waals surface area contributed by atoms with Gasteiger partial charge in [-0.1, -0.05) is 6.07 Å². The molecule has 0 unspecified atom stereocenters. The van der Waals surface area contributed by atoms with Gasteiger partial charge in [-0.25, -0.2) is 9.78 Å². The number of hydrogen-bond acceptors (Lipinski definition) is 5.